The molecule has 0 spiro atoms. The van der Waals surface area contributed by atoms with E-state index in [2.05, 4.69) is 11.8 Å². The summed E-state index contributed by atoms with van der Waals surface area (Å²) in [6.45, 7) is 4.33. The summed E-state index contributed by atoms with van der Waals surface area (Å²) in [7, 11) is 0. The van der Waals surface area contributed by atoms with Crippen LogP contribution in [0.15, 0.2) is 30.3 Å². The van der Waals surface area contributed by atoms with Gasteiger partial charge in [0.1, 0.15) is 0 Å². The number of nitrogens with two attached hydrogens (primary N) is 1. The summed E-state index contributed by atoms with van der Waals surface area (Å²) in [5.74, 6) is -0.798. The number of hydrogen-bond acceptors (Lipinski definition) is 3. The van der Waals surface area contributed by atoms with Gasteiger partial charge in [-0.3, -0.25) is 4.79 Å². The number of carbonyl (C=O) groups is 1. The molecule has 98 valence electrons. The highest BCUT2D eigenvalue weighted by molar-refractivity contribution is 5.76. The van der Waals surface area contributed by atoms with Gasteiger partial charge in [-0.05, 0) is 11.5 Å². The number of carboxylic acids is 1. The first-order valence-electron chi connectivity index (χ1n) is 6.33. The van der Waals surface area contributed by atoms with E-state index in [4.69, 9.17) is 5.73 Å². The number of rotatable bonds is 4. The standard InChI is InChI=1S/C14H20N2O2/c1-10-7-16(9-13(10)15)8-12(14(17)18)11-5-3-2-4-6-11/h2-6,10,12-13H,7-9,15H2,1H3,(H,17,18). The first kappa shape index (κ1) is 13.1. The van der Waals surface area contributed by atoms with Gasteiger partial charge in [0.05, 0.1) is 5.92 Å². The zero-order valence-corrected chi connectivity index (χ0v) is 10.6. The van der Waals surface area contributed by atoms with Crippen LogP contribution in [0.1, 0.15) is 18.4 Å². The Balaban J connectivity index is 2.07. The zero-order valence-electron chi connectivity index (χ0n) is 10.6. The fourth-order valence-electron chi connectivity index (χ4n) is 2.51. The molecule has 3 unspecified atom stereocenters. The van der Waals surface area contributed by atoms with E-state index in [1.807, 2.05) is 30.3 Å². The number of likely N-dealkylation sites (tertiary alicyclic amines) is 1. The molecule has 18 heavy (non-hydrogen) atoms. The highest BCUT2D eigenvalue weighted by Gasteiger charge is 2.30. The Morgan fingerprint density at radius 3 is 2.61 bits per heavy atom. The van der Waals surface area contributed by atoms with Gasteiger partial charge in [-0.1, -0.05) is 37.3 Å². The maximum absolute atomic E-state index is 11.4. The van der Waals surface area contributed by atoms with Crippen molar-refractivity contribution in [1.29, 1.82) is 0 Å². The summed E-state index contributed by atoms with van der Waals surface area (Å²) in [5.41, 5.74) is 6.83. The van der Waals surface area contributed by atoms with Crippen LogP contribution >= 0.6 is 0 Å². The molecule has 0 radical (unpaired) electrons. The van der Waals surface area contributed by atoms with Crippen molar-refractivity contribution >= 4 is 5.97 Å². The maximum atomic E-state index is 11.4. The van der Waals surface area contributed by atoms with E-state index in [0.717, 1.165) is 18.7 Å². The minimum Gasteiger partial charge on any atom is -0.481 e. The molecule has 0 bridgehead atoms. The predicted octanol–water partition coefficient (Wildman–Crippen LogP) is 1.13. The van der Waals surface area contributed by atoms with Crippen molar-refractivity contribution in [2.75, 3.05) is 19.6 Å². The van der Waals surface area contributed by atoms with Crippen LogP contribution in [-0.4, -0.2) is 41.7 Å². The molecular formula is C14H20N2O2. The van der Waals surface area contributed by atoms with E-state index in [1.165, 1.54) is 0 Å². The van der Waals surface area contributed by atoms with Crippen LogP contribution in [0, 0.1) is 5.92 Å². The Morgan fingerprint density at radius 2 is 2.11 bits per heavy atom. The molecule has 1 aliphatic heterocycles. The minimum atomic E-state index is -0.769. The molecule has 0 saturated carbocycles. The summed E-state index contributed by atoms with van der Waals surface area (Å²) >= 11 is 0. The van der Waals surface area contributed by atoms with Crippen LogP contribution in [0.25, 0.3) is 0 Å². The summed E-state index contributed by atoms with van der Waals surface area (Å²) < 4.78 is 0. The van der Waals surface area contributed by atoms with E-state index in [9.17, 15) is 9.90 Å². The van der Waals surface area contributed by atoms with Gasteiger partial charge in [-0.15, -0.1) is 0 Å². The second-order valence-electron chi connectivity index (χ2n) is 5.16. The van der Waals surface area contributed by atoms with Crippen molar-refractivity contribution in [2.45, 2.75) is 18.9 Å². The first-order chi connectivity index (χ1) is 8.58. The van der Waals surface area contributed by atoms with Gasteiger partial charge in [0, 0.05) is 25.7 Å². The monoisotopic (exact) mass is 248 g/mol. The highest BCUT2D eigenvalue weighted by Crippen LogP contribution is 2.21. The number of aliphatic carboxylic acids is 1. The van der Waals surface area contributed by atoms with Gasteiger partial charge in [-0.2, -0.15) is 0 Å². The van der Waals surface area contributed by atoms with E-state index >= 15 is 0 Å². The second kappa shape index (κ2) is 5.50. The molecule has 1 aromatic rings. The van der Waals surface area contributed by atoms with Crippen molar-refractivity contribution in [3.05, 3.63) is 35.9 Å². The molecule has 3 N–H and O–H groups in total. The van der Waals surface area contributed by atoms with Gasteiger partial charge in [-0.25, -0.2) is 0 Å². The molecular weight excluding hydrogens is 228 g/mol. The maximum Gasteiger partial charge on any atom is 0.312 e. The van der Waals surface area contributed by atoms with E-state index < -0.39 is 11.9 Å². The van der Waals surface area contributed by atoms with E-state index in [0.29, 0.717) is 12.5 Å². The van der Waals surface area contributed by atoms with Crippen molar-refractivity contribution in [1.82, 2.24) is 4.90 Å². The summed E-state index contributed by atoms with van der Waals surface area (Å²) in [6.07, 6.45) is 0. The van der Waals surface area contributed by atoms with Gasteiger partial charge in [0.25, 0.3) is 0 Å². The van der Waals surface area contributed by atoms with Crippen LogP contribution in [0.4, 0.5) is 0 Å². The van der Waals surface area contributed by atoms with Crippen LogP contribution in [0.5, 0.6) is 0 Å². The van der Waals surface area contributed by atoms with Gasteiger partial charge < -0.3 is 15.7 Å². The number of hydrogen-bond donors (Lipinski definition) is 2. The average molecular weight is 248 g/mol. The third kappa shape index (κ3) is 2.89. The molecule has 2 rings (SSSR count). The lowest BCUT2D eigenvalue weighted by atomic mass is 9.99. The number of nitrogens with zero attached hydrogens (tertiary/aromatic N) is 1. The van der Waals surface area contributed by atoms with Gasteiger partial charge in [0.2, 0.25) is 0 Å². The van der Waals surface area contributed by atoms with E-state index in [1.54, 1.807) is 0 Å². The molecule has 0 aromatic heterocycles. The summed E-state index contributed by atoms with van der Waals surface area (Å²) in [6, 6.07) is 9.56. The fraction of sp³-hybridized carbons (Fsp3) is 0.500. The van der Waals surface area contributed by atoms with Crippen molar-refractivity contribution in [3.63, 3.8) is 0 Å². The fourth-order valence-corrected chi connectivity index (χ4v) is 2.51. The molecule has 4 heteroatoms. The lowest BCUT2D eigenvalue weighted by Crippen LogP contribution is -2.32. The Labute approximate surface area is 107 Å². The molecule has 0 amide bonds. The van der Waals surface area contributed by atoms with Gasteiger partial charge >= 0.3 is 5.97 Å². The van der Waals surface area contributed by atoms with E-state index in [-0.39, 0.29) is 6.04 Å². The van der Waals surface area contributed by atoms with Gasteiger partial charge in [0.15, 0.2) is 0 Å². The van der Waals surface area contributed by atoms with Crippen molar-refractivity contribution < 1.29 is 9.90 Å². The topological polar surface area (TPSA) is 66.6 Å². The normalized spacial score (nSPS) is 26.1. The van der Waals surface area contributed by atoms with Crippen LogP contribution < -0.4 is 5.73 Å². The Bertz CT molecular complexity index is 398. The third-order valence-corrected chi connectivity index (χ3v) is 3.69. The quantitative estimate of drug-likeness (QED) is 0.838. The molecule has 1 saturated heterocycles. The first-order valence-corrected chi connectivity index (χ1v) is 6.33. The smallest absolute Gasteiger partial charge is 0.312 e. The second-order valence-corrected chi connectivity index (χ2v) is 5.16. The lowest BCUT2D eigenvalue weighted by Gasteiger charge is -2.21. The highest BCUT2D eigenvalue weighted by atomic mass is 16.4. The summed E-state index contributed by atoms with van der Waals surface area (Å²) in [5, 5.41) is 9.36. The largest absolute Gasteiger partial charge is 0.481 e. The Kier molecular flexibility index (Phi) is 3.99. The summed E-state index contributed by atoms with van der Waals surface area (Å²) in [4.78, 5) is 13.5. The molecule has 1 fully saturated rings. The molecule has 1 aliphatic rings. The number of benzene rings is 1. The average Bonchev–Trinajstić information content (AvgIpc) is 2.66. The molecule has 1 heterocycles. The van der Waals surface area contributed by atoms with Crippen molar-refractivity contribution in [2.24, 2.45) is 11.7 Å². The molecule has 0 aliphatic carbocycles. The zero-order chi connectivity index (χ0) is 13.1. The lowest BCUT2D eigenvalue weighted by molar-refractivity contribution is -0.139. The van der Waals surface area contributed by atoms with Crippen molar-refractivity contribution in [3.8, 4) is 0 Å². The molecule has 4 nitrogen and oxygen atoms in total. The van der Waals surface area contributed by atoms with Crippen LogP contribution in [0.2, 0.25) is 0 Å². The Morgan fingerprint density at radius 1 is 1.44 bits per heavy atom. The third-order valence-electron chi connectivity index (χ3n) is 3.69. The number of carboxylic acid groups (broad SMARTS) is 1. The predicted molar refractivity (Wildman–Crippen MR) is 70.4 cm³/mol. The van der Waals surface area contributed by atoms with Crippen LogP contribution in [-0.2, 0) is 4.79 Å². The Hall–Kier alpha value is -1.39. The SMILES string of the molecule is CC1CN(CC(C(=O)O)c2ccccc2)CC1N. The molecule has 1 aromatic carbocycles. The van der Waals surface area contributed by atoms with Crippen LogP contribution in [0.3, 0.4) is 0 Å². The minimum absolute atomic E-state index is 0.162. The molecule has 3 atom stereocenters.